The van der Waals surface area contributed by atoms with Crippen molar-refractivity contribution in [3.05, 3.63) is 204 Å². The fourth-order valence-corrected chi connectivity index (χ4v) is 14.6. The Morgan fingerprint density at radius 3 is 1.85 bits per heavy atom. The maximum absolute atomic E-state index is 2.88. The minimum absolute atomic E-state index is 0.0329. The molecule has 6 aliphatic rings. The highest BCUT2D eigenvalue weighted by molar-refractivity contribution is 7.00. The number of hydrogen-bond acceptors (Lipinski definition) is 3. The van der Waals surface area contributed by atoms with Gasteiger partial charge in [-0.3, -0.25) is 0 Å². The smallest absolute Gasteiger partial charge is 0.252 e. The Hall–Kier alpha value is -6.78. The minimum atomic E-state index is -0.321. The first kappa shape index (κ1) is 38.5. The van der Waals surface area contributed by atoms with Crippen LogP contribution in [-0.4, -0.2) is 12.3 Å². The predicted molar refractivity (Wildman–Crippen MR) is 278 cm³/mol. The van der Waals surface area contributed by atoms with E-state index in [-0.39, 0.29) is 28.6 Å². The van der Waals surface area contributed by atoms with Gasteiger partial charge in [-0.2, -0.15) is 0 Å². The van der Waals surface area contributed by atoms with Crippen LogP contribution < -0.4 is 31.1 Å². The fraction of sp³-hybridized carbons (Fsp3) is 0.226. The number of benzene rings is 8. The third kappa shape index (κ3) is 4.75. The Morgan fingerprint density at radius 1 is 0.424 bits per heavy atom. The van der Waals surface area contributed by atoms with E-state index in [1.807, 2.05) is 0 Å². The minimum Gasteiger partial charge on any atom is -0.334 e. The van der Waals surface area contributed by atoms with Crippen LogP contribution in [0.15, 0.2) is 182 Å². The first-order valence-electron chi connectivity index (χ1n) is 24.5. The summed E-state index contributed by atoms with van der Waals surface area (Å²) in [7, 11) is 0. The lowest BCUT2D eigenvalue weighted by Crippen LogP contribution is -2.64. The Labute approximate surface area is 390 Å². The molecule has 4 unspecified atom stereocenters. The second-order valence-corrected chi connectivity index (χ2v) is 21.0. The van der Waals surface area contributed by atoms with Gasteiger partial charge in [0, 0.05) is 50.6 Å². The summed E-state index contributed by atoms with van der Waals surface area (Å²) in [6.45, 7) is 10.4. The summed E-state index contributed by atoms with van der Waals surface area (Å²) in [5.41, 5.74) is 23.7. The molecule has 4 aliphatic heterocycles. The molecule has 0 bridgehead atoms. The van der Waals surface area contributed by atoms with E-state index in [1.54, 1.807) is 0 Å². The molecule has 4 heteroatoms. The molecule has 8 aromatic rings. The third-order valence-electron chi connectivity index (χ3n) is 18.2. The monoisotopic (exact) mass is 851 g/mol. The Bertz CT molecular complexity index is 3310. The van der Waals surface area contributed by atoms with Crippen LogP contribution in [0.2, 0.25) is 0 Å². The highest BCUT2D eigenvalue weighted by atomic mass is 15.3. The summed E-state index contributed by atoms with van der Waals surface area (Å²) in [6, 6.07) is 69.9. The zero-order chi connectivity index (χ0) is 44.2. The maximum atomic E-state index is 2.88. The third-order valence-corrected chi connectivity index (χ3v) is 18.2. The number of para-hydroxylation sites is 2. The number of nitrogens with zero attached hydrogens (tertiary/aromatic N) is 3. The van der Waals surface area contributed by atoms with E-state index in [2.05, 4.69) is 224 Å². The summed E-state index contributed by atoms with van der Waals surface area (Å²) in [5, 5.41) is 0. The van der Waals surface area contributed by atoms with Crippen molar-refractivity contribution < 1.29 is 0 Å². The molecule has 0 spiro atoms. The van der Waals surface area contributed by atoms with Crippen LogP contribution in [0.5, 0.6) is 0 Å². The number of fused-ring (bicyclic) bond motifs is 12. The van der Waals surface area contributed by atoms with E-state index in [9.17, 15) is 0 Å². The molecule has 320 valence electrons. The number of hydrogen-bond donors (Lipinski definition) is 0. The second kappa shape index (κ2) is 13.4. The van der Waals surface area contributed by atoms with Crippen molar-refractivity contribution in [3.8, 4) is 22.3 Å². The van der Waals surface area contributed by atoms with Gasteiger partial charge in [-0.05, 0) is 137 Å². The second-order valence-electron chi connectivity index (χ2n) is 21.0. The van der Waals surface area contributed by atoms with Crippen molar-refractivity contribution in [1.82, 2.24) is 0 Å². The maximum Gasteiger partial charge on any atom is 0.252 e. The molecule has 14 rings (SSSR count). The zero-order valence-electron chi connectivity index (χ0n) is 38.5. The van der Waals surface area contributed by atoms with E-state index in [0.717, 1.165) is 19.3 Å². The zero-order valence-corrected chi connectivity index (χ0v) is 38.5. The molecule has 1 saturated carbocycles. The molecule has 3 nitrogen and oxygen atoms in total. The molecular formula is C62H54BN3. The largest absolute Gasteiger partial charge is 0.334 e. The first-order valence-corrected chi connectivity index (χ1v) is 24.5. The molecule has 0 N–H and O–H groups in total. The molecule has 0 saturated heterocycles. The van der Waals surface area contributed by atoms with Crippen molar-refractivity contribution in [2.24, 2.45) is 0 Å². The molecule has 0 radical (unpaired) electrons. The van der Waals surface area contributed by atoms with Gasteiger partial charge in [0.05, 0.1) is 11.1 Å². The first-order chi connectivity index (χ1) is 32.2. The molecule has 4 heterocycles. The van der Waals surface area contributed by atoms with Crippen molar-refractivity contribution in [2.45, 2.75) is 88.1 Å². The normalized spacial score (nSPS) is 24.7. The molecule has 1 fully saturated rings. The van der Waals surface area contributed by atoms with E-state index in [1.165, 1.54) is 120 Å². The molecule has 8 aromatic carbocycles. The molecular weight excluding hydrogens is 798 g/mol. The van der Waals surface area contributed by atoms with E-state index in [4.69, 9.17) is 0 Å². The lowest BCUT2D eigenvalue weighted by atomic mass is 9.33. The van der Waals surface area contributed by atoms with Crippen LogP contribution >= 0.6 is 0 Å². The molecule has 2 aliphatic carbocycles. The highest BCUT2D eigenvalue weighted by Crippen LogP contribution is 2.66. The Kier molecular flexibility index (Phi) is 7.82. The van der Waals surface area contributed by atoms with Gasteiger partial charge in [0.1, 0.15) is 0 Å². The van der Waals surface area contributed by atoms with Gasteiger partial charge in [-0.1, -0.05) is 172 Å². The summed E-state index contributed by atoms with van der Waals surface area (Å²) in [6.07, 6.45) is 7.04. The molecule has 0 amide bonds. The highest BCUT2D eigenvalue weighted by Gasteiger charge is 2.64. The Morgan fingerprint density at radius 2 is 1.06 bits per heavy atom. The van der Waals surface area contributed by atoms with Crippen LogP contribution in [0.25, 0.3) is 22.3 Å². The topological polar surface area (TPSA) is 9.72 Å². The van der Waals surface area contributed by atoms with E-state index in [0.29, 0.717) is 0 Å². The average Bonchev–Trinajstić information content (AvgIpc) is 3.71. The van der Waals surface area contributed by atoms with Crippen molar-refractivity contribution >= 4 is 62.9 Å². The van der Waals surface area contributed by atoms with E-state index < -0.39 is 0 Å². The van der Waals surface area contributed by atoms with Gasteiger partial charge in [0.2, 0.25) is 0 Å². The molecule has 0 aromatic heterocycles. The van der Waals surface area contributed by atoms with E-state index >= 15 is 0 Å². The van der Waals surface area contributed by atoms with Gasteiger partial charge < -0.3 is 14.7 Å². The van der Waals surface area contributed by atoms with Crippen LogP contribution in [0.3, 0.4) is 0 Å². The summed E-state index contributed by atoms with van der Waals surface area (Å²) < 4.78 is 0. The number of rotatable bonds is 4. The number of anilines is 7. The van der Waals surface area contributed by atoms with Gasteiger partial charge in [0.25, 0.3) is 6.71 Å². The fourth-order valence-electron chi connectivity index (χ4n) is 14.6. The number of aryl methyl sites for hydroxylation is 1. The van der Waals surface area contributed by atoms with Crippen molar-refractivity contribution in [3.63, 3.8) is 0 Å². The quantitative estimate of drug-likeness (QED) is 0.163. The van der Waals surface area contributed by atoms with Crippen LogP contribution in [-0.2, 0) is 22.8 Å². The molecule has 4 atom stereocenters. The van der Waals surface area contributed by atoms with Gasteiger partial charge in [-0.15, -0.1) is 0 Å². The van der Waals surface area contributed by atoms with Gasteiger partial charge in [0.15, 0.2) is 0 Å². The lowest BCUT2D eigenvalue weighted by molar-refractivity contribution is 0.195. The molecule has 66 heavy (non-hydrogen) atoms. The van der Waals surface area contributed by atoms with Crippen molar-refractivity contribution in [1.29, 1.82) is 0 Å². The van der Waals surface area contributed by atoms with Gasteiger partial charge >= 0.3 is 0 Å². The summed E-state index contributed by atoms with van der Waals surface area (Å²) in [5.74, 6) is 0. The van der Waals surface area contributed by atoms with Crippen LogP contribution in [0.1, 0.15) is 82.1 Å². The van der Waals surface area contributed by atoms with Crippen LogP contribution in [0.4, 0.5) is 39.8 Å². The van der Waals surface area contributed by atoms with Crippen molar-refractivity contribution in [2.75, 3.05) is 14.7 Å². The average molecular weight is 852 g/mol. The Balaban J connectivity index is 1.10. The standard InChI is InChI=1S/C62H54BN3/c1-59-35-15-16-36-61(59,3)65(53-27-14-13-24-49(53)59)47-39-55-57-56(40-47)66-58-50(60(2)37-34-44-22-11-12-23-48(44)62(60,66)4)25-17-26-51(58)63(57)52-38-45(42-20-9-6-10-21-42)30-33-54(52)64(55)46-31-28-43(29-32-46)41-18-7-5-8-19-41/h5-14,17-33,38-40H,15-16,34-37H2,1-4H3. The van der Waals surface area contributed by atoms with Crippen LogP contribution in [0, 0.1) is 0 Å². The lowest BCUT2D eigenvalue weighted by Gasteiger charge is -2.54. The predicted octanol–water partition coefficient (Wildman–Crippen LogP) is 13.6. The summed E-state index contributed by atoms with van der Waals surface area (Å²) in [4.78, 5) is 8.32. The van der Waals surface area contributed by atoms with Gasteiger partial charge in [-0.25, -0.2) is 0 Å². The summed E-state index contributed by atoms with van der Waals surface area (Å²) >= 11 is 0. The SMILES string of the molecule is CC12CCCCC1(C)N(c1cc3c4c(c1)N1c5c(cccc5C5(C)CCc6ccccc6C15C)B4c1cc(-c4ccccc4)ccc1N3c1ccc(-c3ccccc3)cc1)c1ccccc12.